The van der Waals surface area contributed by atoms with Crippen LogP contribution >= 0.6 is 0 Å². The van der Waals surface area contributed by atoms with E-state index in [4.69, 9.17) is 9.52 Å². The number of furan rings is 1. The normalized spacial score (nSPS) is 16.1. The predicted molar refractivity (Wildman–Crippen MR) is 68.3 cm³/mol. The molecule has 1 N–H and O–H groups in total. The van der Waals surface area contributed by atoms with Crippen molar-refractivity contribution in [1.29, 1.82) is 0 Å². The van der Waals surface area contributed by atoms with E-state index < -0.39 is 5.97 Å². The number of carboxylic acids is 1. The maximum absolute atomic E-state index is 10.8. The third kappa shape index (κ3) is 2.05. The lowest BCUT2D eigenvalue weighted by molar-refractivity contribution is 0.0659. The second-order valence-electron chi connectivity index (χ2n) is 4.94. The van der Waals surface area contributed by atoms with E-state index in [-0.39, 0.29) is 11.8 Å². The Hall–Kier alpha value is -2.04. The summed E-state index contributed by atoms with van der Waals surface area (Å²) in [6.45, 7) is 2.00. The minimum absolute atomic E-state index is 0.0177. The number of imidazole rings is 1. The van der Waals surface area contributed by atoms with Gasteiger partial charge in [0.2, 0.25) is 5.76 Å². The van der Waals surface area contributed by atoms with Gasteiger partial charge in [-0.3, -0.25) is 0 Å². The van der Waals surface area contributed by atoms with E-state index in [1.54, 1.807) is 6.07 Å². The topological polar surface area (TPSA) is 68.3 Å². The Kier molecular flexibility index (Phi) is 2.89. The molecular formula is C14H16N2O3. The van der Waals surface area contributed by atoms with Crippen LogP contribution in [0, 0.1) is 0 Å². The van der Waals surface area contributed by atoms with Crippen LogP contribution in [0.2, 0.25) is 0 Å². The minimum Gasteiger partial charge on any atom is -0.475 e. The van der Waals surface area contributed by atoms with E-state index in [0.717, 1.165) is 12.8 Å². The average Bonchev–Trinajstić information content (AvgIpc) is 3.05. The Bertz CT molecular complexity index is 612. The number of carboxylic acid groups (broad SMARTS) is 1. The Balaban J connectivity index is 1.92. The molecule has 1 unspecified atom stereocenters. The van der Waals surface area contributed by atoms with Crippen LogP contribution in [0.1, 0.15) is 53.5 Å². The van der Waals surface area contributed by atoms with Gasteiger partial charge in [-0.1, -0.05) is 0 Å². The Morgan fingerprint density at radius 2 is 2.21 bits per heavy atom. The molecule has 1 aliphatic carbocycles. The van der Waals surface area contributed by atoms with Gasteiger partial charge in [-0.2, -0.15) is 0 Å². The molecule has 0 saturated heterocycles. The zero-order chi connectivity index (χ0) is 13.4. The molecule has 0 amide bonds. The fourth-order valence-electron chi connectivity index (χ4n) is 2.66. The van der Waals surface area contributed by atoms with E-state index in [0.29, 0.717) is 5.76 Å². The number of aromatic carboxylic acids is 1. The fraction of sp³-hybridized carbons (Fsp3) is 0.429. The third-order valence-corrected chi connectivity index (χ3v) is 3.73. The molecule has 3 rings (SSSR count). The molecule has 0 bridgehead atoms. The molecule has 2 heterocycles. The van der Waals surface area contributed by atoms with E-state index in [2.05, 4.69) is 9.55 Å². The third-order valence-electron chi connectivity index (χ3n) is 3.73. The van der Waals surface area contributed by atoms with Crippen molar-refractivity contribution < 1.29 is 14.3 Å². The lowest BCUT2D eigenvalue weighted by Crippen LogP contribution is -2.12. The monoisotopic (exact) mass is 260 g/mol. The van der Waals surface area contributed by atoms with Crippen molar-refractivity contribution in [2.45, 2.75) is 38.6 Å². The van der Waals surface area contributed by atoms with Gasteiger partial charge in [0.25, 0.3) is 0 Å². The first-order chi connectivity index (χ1) is 9.16. The quantitative estimate of drug-likeness (QED) is 0.921. The van der Waals surface area contributed by atoms with Gasteiger partial charge < -0.3 is 14.1 Å². The Morgan fingerprint density at radius 1 is 1.42 bits per heavy atom. The highest BCUT2D eigenvalue weighted by Gasteiger charge is 2.21. The van der Waals surface area contributed by atoms with E-state index >= 15 is 0 Å². The van der Waals surface area contributed by atoms with Crippen LogP contribution in [-0.4, -0.2) is 20.6 Å². The van der Waals surface area contributed by atoms with Gasteiger partial charge in [-0.05, 0) is 44.7 Å². The maximum Gasteiger partial charge on any atom is 0.371 e. The SMILES string of the molecule is CC(c1ccc(C(=O)O)o1)n1cnc2c1CCCC2. The van der Waals surface area contributed by atoms with Crippen LogP contribution in [-0.2, 0) is 12.8 Å². The fourth-order valence-corrected chi connectivity index (χ4v) is 2.66. The summed E-state index contributed by atoms with van der Waals surface area (Å²) in [5.74, 6) is -0.398. The van der Waals surface area contributed by atoms with Gasteiger partial charge in [-0.15, -0.1) is 0 Å². The van der Waals surface area contributed by atoms with Crippen LogP contribution in [0.4, 0.5) is 0 Å². The molecule has 0 spiro atoms. The molecule has 0 aromatic carbocycles. The summed E-state index contributed by atoms with van der Waals surface area (Å²) in [6, 6.07) is 3.20. The van der Waals surface area contributed by atoms with Crippen LogP contribution < -0.4 is 0 Å². The molecule has 5 nitrogen and oxygen atoms in total. The second-order valence-corrected chi connectivity index (χ2v) is 4.94. The highest BCUT2D eigenvalue weighted by atomic mass is 16.4. The highest BCUT2D eigenvalue weighted by Crippen LogP contribution is 2.27. The van der Waals surface area contributed by atoms with Crippen molar-refractivity contribution >= 4 is 5.97 Å². The van der Waals surface area contributed by atoms with Crippen molar-refractivity contribution in [2.75, 3.05) is 0 Å². The minimum atomic E-state index is -1.04. The van der Waals surface area contributed by atoms with Gasteiger partial charge in [0.1, 0.15) is 5.76 Å². The number of nitrogens with zero attached hydrogens (tertiary/aromatic N) is 2. The van der Waals surface area contributed by atoms with Gasteiger partial charge in [-0.25, -0.2) is 9.78 Å². The van der Waals surface area contributed by atoms with E-state index in [9.17, 15) is 4.79 Å². The summed E-state index contributed by atoms with van der Waals surface area (Å²) in [5.41, 5.74) is 2.43. The van der Waals surface area contributed by atoms with Crippen molar-refractivity contribution in [3.63, 3.8) is 0 Å². The maximum atomic E-state index is 10.8. The lowest BCUT2D eigenvalue weighted by Gasteiger charge is -2.18. The van der Waals surface area contributed by atoms with Gasteiger partial charge in [0.05, 0.1) is 18.1 Å². The van der Waals surface area contributed by atoms with Crippen molar-refractivity contribution in [3.8, 4) is 0 Å². The van der Waals surface area contributed by atoms with Gasteiger partial charge in [0.15, 0.2) is 0 Å². The van der Waals surface area contributed by atoms with Crippen molar-refractivity contribution in [3.05, 3.63) is 41.4 Å². The number of carbonyl (C=O) groups is 1. The number of hydrogen-bond acceptors (Lipinski definition) is 3. The predicted octanol–water partition coefficient (Wildman–Crippen LogP) is 2.66. The molecule has 2 aromatic rings. The van der Waals surface area contributed by atoms with Crippen LogP contribution in [0.3, 0.4) is 0 Å². The van der Waals surface area contributed by atoms with Crippen LogP contribution in [0.25, 0.3) is 0 Å². The molecule has 19 heavy (non-hydrogen) atoms. The molecule has 0 aliphatic heterocycles. The first-order valence-corrected chi connectivity index (χ1v) is 6.54. The van der Waals surface area contributed by atoms with E-state index in [1.165, 1.54) is 30.3 Å². The average molecular weight is 260 g/mol. The second kappa shape index (κ2) is 4.57. The summed E-state index contributed by atoms with van der Waals surface area (Å²) < 4.78 is 7.47. The van der Waals surface area contributed by atoms with Crippen molar-refractivity contribution in [1.82, 2.24) is 9.55 Å². The highest BCUT2D eigenvalue weighted by molar-refractivity contribution is 5.84. The first kappa shape index (κ1) is 12.0. The Labute approximate surface area is 110 Å². The summed E-state index contributed by atoms with van der Waals surface area (Å²) in [4.78, 5) is 15.3. The molecule has 1 aliphatic rings. The molecule has 1 atom stereocenters. The zero-order valence-corrected chi connectivity index (χ0v) is 10.8. The van der Waals surface area contributed by atoms with Crippen molar-refractivity contribution in [2.24, 2.45) is 0 Å². The number of aromatic nitrogens is 2. The van der Waals surface area contributed by atoms with Crippen LogP contribution in [0.15, 0.2) is 22.9 Å². The Morgan fingerprint density at radius 3 is 2.95 bits per heavy atom. The lowest BCUT2D eigenvalue weighted by atomic mass is 10.0. The molecule has 5 heteroatoms. The molecule has 0 saturated carbocycles. The summed E-state index contributed by atoms with van der Waals surface area (Å²) in [7, 11) is 0. The van der Waals surface area contributed by atoms with Crippen LogP contribution in [0.5, 0.6) is 0 Å². The number of aryl methyl sites for hydroxylation is 1. The number of fused-ring (bicyclic) bond motifs is 1. The molecular weight excluding hydrogens is 244 g/mol. The molecule has 100 valence electrons. The summed E-state index contributed by atoms with van der Waals surface area (Å²) >= 11 is 0. The summed E-state index contributed by atoms with van der Waals surface area (Å²) in [6.07, 6.45) is 6.29. The summed E-state index contributed by atoms with van der Waals surface area (Å²) in [5, 5.41) is 8.89. The largest absolute Gasteiger partial charge is 0.475 e. The van der Waals surface area contributed by atoms with Gasteiger partial charge in [0, 0.05) is 5.69 Å². The standard InChI is InChI=1S/C14H16N2O3/c1-9(12-6-7-13(19-12)14(17)18)16-8-15-10-4-2-3-5-11(10)16/h6-9H,2-5H2,1H3,(H,17,18). The zero-order valence-electron chi connectivity index (χ0n) is 10.8. The molecule has 0 fully saturated rings. The number of hydrogen-bond donors (Lipinski definition) is 1. The first-order valence-electron chi connectivity index (χ1n) is 6.54. The number of rotatable bonds is 3. The smallest absolute Gasteiger partial charge is 0.371 e. The van der Waals surface area contributed by atoms with Gasteiger partial charge >= 0.3 is 5.97 Å². The molecule has 2 aromatic heterocycles. The molecule has 0 radical (unpaired) electrons. The van der Waals surface area contributed by atoms with E-state index in [1.807, 2.05) is 13.3 Å².